The number of furan rings is 1. The lowest BCUT2D eigenvalue weighted by atomic mass is 10.1. The molecule has 2 heterocycles. The summed E-state index contributed by atoms with van der Waals surface area (Å²) in [6.07, 6.45) is 3.85. The van der Waals surface area contributed by atoms with Gasteiger partial charge in [0.1, 0.15) is 17.4 Å². The average molecular weight is 339 g/mol. The van der Waals surface area contributed by atoms with E-state index in [0.29, 0.717) is 30.2 Å². The highest BCUT2D eigenvalue weighted by Crippen LogP contribution is 2.08. The molecule has 0 bridgehead atoms. The van der Waals surface area contributed by atoms with Crippen LogP contribution in [0.25, 0.3) is 0 Å². The van der Waals surface area contributed by atoms with Gasteiger partial charge in [-0.05, 0) is 48.4 Å². The molecule has 5 nitrogen and oxygen atoms in total. The van der Waals surface area contributed by atoms with E-state index >= 15 is 0 Å². The number of halogens is 1. The normalized spacial score (nSPS) is 10.4. The number of nitrogens with zero attached hydrogens (tertiary/aromatic N) is 1. The zero-order chi connectivity index (χ0) is 17.5. The lowest BCUT2D eigenvalue weighted by Gasteiger charge is -2.07. The van der Waals surface area contributed by atoms with E-state index in [1.165, 1.54) is 18.3 Å². The molecule has 0 unspecified atom stereocenters. The molecule has 0 atom stereocenters. The maximum Gasteiger partial charge on any atom is 0.253 e. The van der Waals surface area contributed by atoms with Gasteiger partial charge in [-0.2, -0.15) is 0 Å². The number of carbonyl (C=O) groups excluding carboxylic acids is 1. The third-order valence-corrected chi connectivity index (χ3v) is 3.66. The number of hydrogen-bond donors (Lipinski definition) is 2. The molecular weight excluding hydrogens is 321 g/mol. The highest BCUT2D eigenvalue weighted by atomic mass is 19.1. The zero-order valence-electron chi connectivity index (χ0n) is 13.5. The Morgan fingerprint density at radius 2 is 1.96 bits per heavy atom. The van der Waals surface area contributed by atoms with Gasteiger partial charge in [0.2, 0.25) is 0 Å². The van der Waals surface area contributed by atoms with Crippen LogP contribution in [0.2, 0.25) is 0 Å². The number of benzene rings is 1. The van der Waals surface area contributed by atoms with Crippen LogP contribution >= 0.6 is 0 Å². The minimum absolute atomic E-state index is 0.207. The van der Waals surface area contributed by atoms with Crippen molar-refractivity contribution in [2.75, 3.05) is 11.9 Å². The summed E-state index contributed by atoms with van der Waals surface area (Å²) in [5.74, 6) is 0.936. The van der Waals surface area contributed by atoms with Crippen LogP contribution in [0.15, 0.2) is 65.4 Å². The average Bonchev–Trinajstić information content (AvgIpc) is 3.15. The number of carbonyl (C=O) groups is 1. The maximum absolute atomic E-state index is 12.8. The van der Waals surface area contributed by atoms with Crippen molar-refractivity contribution in [2.24, 2.45) is 0 Å². The van der Waals surface area contributed by atoms with E-state index in [2.05, 4.69) is 15.6 Å². The van der Waals surface area contributed by atoms with Crippen molar-refractivity contribution in [1.82, 2.24) is 10.3 Å². The summed E-state index contributed by atoms with van der Waals surface area (Å²) in [6.45, 7) is 1.01. The van der Waals surface area contributed by atoms with Gasteiger partial charge in [-0.25, -0.2) is 9.37 Å². The third-order valence-electron chi connectivity index (χ3n) is 3.66. The molecule has 3 rings (SSSR count). The Morgan fingerprint density at radius 1 is 1.12 bits per heavy atom. The van der Waals surface area contributed by atoms with Gasteiger partial charge in [0.25, 0.3) is 5.91 Å². The number of amides is 1. The Morgan fingerprint density at radius 3 is 2.64 bits per heavy atom. The van der Waals surface area contributed by atoms with Gasteiger partial charge in [0, 0.05) is 12.7 Å². The second kappa shape index (κ2) is 8.10. The minimum Gasteiger partial charge on any atom is -0.467 e. The summed E-state index contributed by atoms with van der Waals surface area (Å²) in [6, 6.07) is 13.5. The summed E-state index contributed by atoms with van der Waals surface area (Å²) in [4.78, 5) is 16.3. The van der Waals surface area contributed by atoms with Gasteiger partial charge < -0.3 is 15.1 Å². The first kappa shape index (κ1) is 16.7. The SMILES string of the molecule is O=C(NCc1ccco1)c1ccc(NCCc2ccc(F)cc2)nc1. The standard InChI is InChI=1S/C19H18FN3O2/c20-16-6-3-14(4-7-16)9-10-21-18-8-5-15(12-22-18)19(24)23-13-17-2-1-11-25-17/h1-8,11-12H,9-10,13H2,(H,21,22)(H,23,24). The van der Waals surface area contributed by atoms with E-state index in [4.69, 9.17) is 4.42 Å². The van der Waals surface area contributed by atoms with Gasteiger partial charge in [-0.3, -0.25) is 4.79 Å². The molecule has 0 spiro atoms. The molecule has 0 radical (unpaired) electrons. The zero-order valence-corrected chi connectivity index (χ0v) is 13.5. The molecule has 0 fully saturated rings. The lowest BCUT2D eigenvalue weighted by molar-refractivity contribution is 0.0947. The van der Waals surface area contributed by atoms with Crippen molar-refractivity contribution in [3.8, 4) is 0 Å². The fourth-order valence-electron chi connectivity index (χ4n) is 2.30. The van der Waals surface area contributed by atoms with Crippen molar-refractivity contribution in [3.63, 3.8) is 0 Å². The van der Waals surface area contributed by atoms with E-state index in [-0.39, 0.29) is 11.7 Å². The summed E-state index contributed by atoms with van der Waals surface area (Å²) in [7, 11) is 0. The van der Waals surface area contributed by atoms with Gasteiger partial charge >= 0.3 is 0 Å². The van der Waals surface area contributed by atoms with Crippen LogP contribution < -0.4 is 10.6 Å². The summed E-state index contributed by atoms with van der Waals surface area (Å²) in [5, 5.41) is 5.94. The van der Waals surface area contributed by atoms with Gasteiger partial charge in [-0.15, -0.1) is 0 Å². The molecule has 0 saturated heterocycles. The van der Waals surface area contributed by atoms with Crippen molar-refractivity contribution in [2.45, 2.75) is 13.0 Å². The molecule has 1 aromatic carbocycles. The van der Waals surface area contributed by atoms with E-state index in [1.807, 2.05) is 0 Å². The molecule has 0 aliphatic rings. The number of pyridine rings is 1. The van der Waals surface area contributed by atoms with Crippen LogP contribution in [-0.2, 0) is 13.0 Å². The van der Waals surface area contributed by atoms with Gasteiger partial charge in [-0.1, -0.05) is 12.1 Å². The first-order valence-electron chi connectivity index (χ1n) is 7.96. The second-order valence-corrected chi connectivity index (χ2v) is 5.50. The minimum atomic E-state index is -0.237. The van der Waals surface area contributed by atoms with Gasteiger partial charge in [0.05, 0.1) is 18.4 Å². The van der Waals surface area contributed by atoms with Crippen LogP contribution in [0.4, 0.5) is 10.2 Å². The molecule has 25 heavy (non-hydrogen) atoms. The predicted molar refractivity (Wildman–Crippen MR) is 92.7 cm³/mol. The van der Waals surface area contributed by atoms with Crippen LogP contribution in [0, 0.1) is 5.82 Å². The second-order valence-electron chi connectivity index (χ2n) is 5.50. The lowest BCUT2D eigenvalue weighted by Crippen LogP contribution is -2.22. The number of hydrogen-bond acceptors (Lipinski definition) is 4. The first-order valence-corrected chi connectivity index (χ1v) is 7.96. The first-order chi connectivity index (χ1) is 12.2. The van der Waals surface area contributed by atoms with Crippen LogP contribution in [0.5, 0.6) is 0 Å². The maximum atomic E-state index is 12.8. The molecule has 128 valence electrons. The van der Waals surface area contributed by atoms with Crippen molar-refractivity contribution >= 4 is 11.7 Å². The third kappa shape index (κ3) is 4.91. The molecule has 0 aliphatic carbocycles. The van der Waals surface area contributed by atoms with Crippen molar-refractivity contribution < 1.29 is 13.6 Å². The topological polar surface area (TPSA) is 67.2 Å². The number of nitrogens with one attached hydrogen (secondary N) is 2. The summed E-state index contributed by atoms with van der Waals surface area (Å²) in [5.41, 5.74) is 1.53. The Balaban J connectivity index is 1.46. The highest BCUT2D eigenvalue weighted by molar-refractivity contribution is 5.93. The monoisotopic (exact) mass is 339 g/mol. The Bertz CT molecular complexity index is 800. The van der Waals surface area contributed by atoms with E-state index in [1.54, 1.807) is 42.7 Å². The van der Waals surface area contributed by atoms with Crippen LogP contribution in [-0.4, -0.2) is 17.4 Å². The fourth-order valence-corrected chi connectivity index (χ4v) is 2.30. The number of aromatic nitrogens is 1. The summed E-state index contributed by atoms with van der Waals surface area (Å²) < 4.78 is 18.0. The van der Waals surface area contributed by atoms with Crippen LogP contribution in [0.3, 0.4) is 0 Å². The van der Waals surface area contributed by atoms with E-state index in [9.17, 15) is 9.18 Å². The smallest absolute Gasteiger partial charge is 0.253 e. The Hall–Kier alpha value is -3.15. The molecule has 6 heteroatoms. The molecule has 1 amide bonds. The Labute approximate surface area is 144 Å². The highest BCUT2D eigenvalue weighted by Gasteiger charge is 2.07. The number of rotatable bonds is 7. The van der Waals surface area contributed by atoms with Crippen LogP contribution in [0.1, 0.15) is 21.7 Å². The molecular formula is C19H18FN3O2. The Kier molecular flexibility index (Phi) is 5.41. The largest absolute Gasteiger partial charge is 0.467 e. The quantitative estimate of drug-likeness (QED) is 0.692. The summed E-state index contributed by atoms with van der Waals surface area (Å²) >= 11 is 0. The predicted octanol–water partition coefficient (Wildman–Crippen LogP) is 3.40. The molecule has 2 N–H and O–H groups in total. The van der Waals surface area contributed by atoms with Gasteiger partial charge in [0.15, 0.2) is 0 Å². The van der Waals surface area contributed by atoms with Crippen molar-refractivity contribution in [1.29, 1.82) is 0 Å². The fraction of sp³-hybridized carbons (Fsp3) is 0.158. The molecule has 2 aromatic heterocycles. The number of anilines is 1. The molecule has 3 aromatic rings. The van der Waals surface area contributed by atoms with Crippen molar-refractivity contribution in [3.05, 3.63) is 83.7 Å². The molecule has 0 aliphatic heterocycles. The van der Waals surface area contributed by atoms with E-state index in [0.717, 1.165) is 12.0 Å². The molecule has 0 saturated carbocycles. The van der Waals surface area contributed by atoms with E-state index < -0.39 is 0 Å².